The zero-order chi connectivity index (χ0) is 22.8. The predicted octanol–water partition coefficient (Wildman–Crippen LogP) is 4.70. The molecule has 1 N–H and O–H groups in total. The second-order valence-corrected chi connectivity index (χ2v) is 10.1. The summed E-state index contributed by atoms with van der Waals surface area (Å²) in [6, 6.07) is 13.0. The van der Waals surface area contributed by atoms with Gasteiger partial charge in [0.2, 0.25) is 5.91 Å². The maximum atomic E-state index is 14.3. The number of hydrogen-bond donors (Lipinski definition) is 1. The number of anilines is 1. The lowest BCUT2D eigenvalue weighted by Crippen LogP contribution is -2.48. The first-order chi connectivity index (χ1) is 14.6. The second-order valence-electron chi connectivity index (χ2n) is 8.81. The number of aliphatic carboxylic acids is 1. The molecular formula is C24H29NO5S. The molecule has 3 rings (SSSR count). The molecule has 2 aromatic carbocycles. The molecule has 1 atom stereocenters. The van der Waals surface area contributed by atoms with Crippen LogP contribution in [0.5, 0.6) is 11.5 Å². The number of thioether (sulfide) groups is 1. The van der Waals surface area contributed by atoms with Gasteiger partial charge in [0.05, 0.1) is 20.6 Å². The third-order valence-electron chi connectivity index (χ3n) is 5.22. The van der Waals surface area contributed by atoms with E-state index in [1.807, 2.05) is 24.3 Å². The van der Waals surface area contributed by atoms with E-state index in [2.05, 4.69) is 20.8 Å². The standard InChI is InChI=1S/C24H29NO5S/c1-23(2,3)15-25-18-11-7-6-9-16(18)14-31-24(22(25)28,13-20(26)27)17-10-8-12-19(29-4)21(17)30-5/h6-12H,13-15H2,1-5H3,(H,26,27). The van der Waals surface area contributed by atoms with Crippen molar-refractivity contribution in [1.82, 2.24) is 0 Å². The highest BCUT2D eigenvalue weighted by Gasteiger charge is 2.50. The van der Waals surface area contributed by atoms with Gasteiger partial charge in [-0.25, -0.2) is 0 Å². The van der Waals surface area contributed by atoms with Gasteiger partial charge in [-0.2, -0.15) is 0 Å². The van der Waals surface area contributed by atoms with E-state index in [1.54, 1.807) is 23.1 Å². The monoisotopic (exact) mass is 443 g/mol. The molecule has 166 valence electrons. The number of amides is 1. The molecule has 0 radical (unpaired) electrons. The van der Waals surface area contributed by atoms with E-state index in [1.165, 1.54) is 26.0 Å². The minimum Gasteiger partial charge on any atom is -0.493 e. The molecule has 31 heavy (non-hydrogen) atoms. The van der Waals surface area contributed by atoms with Crippen LogP contribution in [-0.4, -0.2) is 37.7 Å². The molecular weight excluding hydrogens is 414 g/mol. The van der Waals surface area contributed by atoms with Gasteiger partial charge in [-0.1, -0.05) is 51.1 Å². The summed E-state index contributed by atoms with van der Waals surface area (Å²) in [6.07, 6.45) is -0.366. The lowest BCUT2D eigenvalue weighted by atomic mass is 9.89. The normalized spacial score (nSPS) is 18.9. The maximum Gasteiger partial charge on any atom is 0.305 e. The van der Waals surface area contributed by atoms with Crippen LogP contribution < -0.4 is 14.4 Å². The van der Waals surface area contributed by atoms with Gasteiger partial charge in [-0.3, -0.25) is 9.59 Å². The summed E-state index contributed by atoms with van der Waals surface area (Å²) in [4.78, 5) is 28.1. The maximum absolute atomic E-state index is 14.3. The highest BCUT2D eigenvalue weighted by Crippen LogP contribution is 2.52. The lowest BCUT2D eigenvalue weighted by molar-refractivity contribution is -0.139. The van der Waals surface area contributed by atoms with Crippen molar-refractivity contribution in [3.05, 3.63) is 53.6 Å². The molecule has 0 aromatic heterocycles. The zero-order valence-electron chi connectivity index (χ0n) is 18.6. The fourth-order valence-electron chi connectivity index (χ4n) is 3.95. The van der Waals surface area contributed by atoms with E-state index in [0.29, 0.717) is 29.4 Å². The van der Waals surface area contributed by atoms with Crippen molar-refractivity contribution in [3.63, 3.8) is 0 Å². The van der Waals surface area contributed by atoms with E-state index < -0.39 is 10.7 Å². The number of fused-ring (bicyclic) bond motifs is 1. The number of hydrogen-bond acceptors (Lipinski definition) is 5. The second kappa shape index (κ2) is 8.83. The number of carboxylic acids is 1. The van der Waals surface area contributed by atoms with E-state index in [0.717, 1.165) is 11.3 Å². The number of rotatable bonds is 6. The number of nitrogens with zero attached hydrogens (tertiary/aromatic N) is 1. The van der Waals surface area contributed by atoms with Gasteiger partial charge in [0.25, 0.3) is 0 Å². The van der Waals surface area contributed by atoms with Crippen molar-refractivity contribution >= 4 is 29.3 Å². The van der Waals surface area contributed by atoms with Crippen LogP contribution in [0.2, 0.25) is 0 Å². The number of ether oxygens (including phenoxy) is 2. The number of benzene rings is 2. The van der Waals surface area contributed by atoms with Gasteiger partial charge in [0, 0.05) is 23.5 Å². The van der Waals surface area contributed by atoms with Crippen LogP contribution in [0, 0.1) is 5.41 Å². The Bertz CT molecular complexity index is 984. The predicted molar refractivity (Wildman–Crippen MR) is 123 cm³/mol. The van der Waals surface area contributed by atoms with Crippen molar-refractivity contribution in [2.24, 2.45) is 5.41 Å². The molecule has 0 spiro atoms. The fraction of sp³-hybridized carbons (Fsp3) is 0.417. The van der Waals surface area contributed by atoms with Crippen molar-refractivity contribution in [3.8, 4) is 11.5 Å². The topological polar surface area (TPSA) is 76.1 Å². The Kier molecular flexibility index (Phi) is 6.55. The quantitative estimate of drug-likeness (QED) is 0.697. The van der Waals surface area contributed by atoms with Gasteiger partial charge < -0.3 is 19.5 Å². The summed E-state index contributed by atoms with van der Waals surface area (Å²) in [5, 5.41) is 9.87. The average molecular weight is 444 g/mol. The Morgan fingerprint density at radius 3 is 2.45 bits per heavy atom. The summed E-state index contributed by atoms with van der Waals surface area (Å²) >= 11 is 1.33. The highest BCUT2D eigenvalue weighted by molar-refractivity contribution is 8.00. The molecule has 1 heterocycles. The number of carbonyl (C=O) groups is 2. The molecule has 0 bridgehead atoms. The van der Waals surface area contributed by atoms with Crippen LogP contribution in [0.3, 0.4) is 0 Å². The summed E-state index contributed by atoms with van der Waals surface area (Å²) < 4.78 is 9.71. The molecule has 1 amide bonds. The van der Waals surface area contributed by atoms with Crippen LogP contribution in [0.4, 0.5) is 5.69 Å². The number of carboxylic acid groups (broad SMARTS) is 1. The van der Waals surface area contributed by atoms with Crippen molar-refractivity contribution in [2.75, 3.05) is 25.7 Å². The molecule has 6 nitrogen and oxygen atoms in total. The number of para-hydroxylation sites is 2. The van der Waals surface area contributed by atoms with E-state index >= 15 is 0 Å². The smallest absolute Gasteiger partial charge is 0.305 e. The molecule has 0 aliphatic carbocycles. The molecule has 2 aromatic rings. The Balaban J connectivity index is 2.28. The Labute approximate surface area is 187 Å². The van der Waals surface area contributed by atoms with Crippen molar-refractivity contribution < 1.29 is 24.2 Å². The van der Waals surface area contributed by atoms with E-state index in [-0.39, 0.29) is 17.7 Å². The van der Waals surface area contributed by atoms with Gasteiger partial charge in [-0.05, 0) is 23.1 Å². The first kappa shape index (κ1) is 23.0. The zero-order valence-corrected chi connectivity index (χ0v) is 19.4. The highest BCUT2D eigenvalue weighted by atomic mass is 32.2. The molecule has 0 fully saturated rings. The molecule has 1 unspecified atom stereocenters. The summed E-state index contributed by atoms with van der Waals surface area (Å²) in [5.74, 6) is 0.0331. The van der Waals surface area contributed by atoms with Crippen LogP contribution in [0.15, 0.2) is 42.5 Å². The lowest BCUT2D eigenvalue weighted by Gasteiger charge is -2.37. The van der Waals surface area contributed by atoms with Gasteiger partial charge in [0.1, 0.15) is 4.75 Å². The van der Waals surface area contributed by atoms with Crippen LogP contribution in [0.25, 0.3) is 0 Å². The fourth-order valence-corrected chi connectivity index (χ4v) is 5.37. The Hall–Kier alpha value is -2.67. The van der Waals surface area contributed by atoms with E-state index in [9.17, 15) is 14.7 Å². The van der Waals surface area contributed by atoms with Crippen molar-refractivity contribution in [1.29, 1.82) is 0 Å². The first-order valence-electron chi connectivity index (χ1n) is 10.1. The first-order valence-corrected chi connectivity index (χ1v) is 11.1. The van der Waals surface area contributed by atoms with Gasteiger partial charge in [0.15, 0.2) is 11.5 Å². The number of methoxy groups -OCH3 is 2. The van der Waals surface area contributed by atoms with E-state index in [4.69, 9.17) is 9.47 Å². The largest absolute Gasteiger partial charge is 0.493 e. The third-order valence-corrected chi connectivity index (χ3v) is 6.70. The SMILES string of the molecule is COc1cccc(C2(CC(=O)O)SCc3ccccc3N(CC(C)(C)C)C2=O)c1OC. The minimum atomic E-state index is -1.37. The van der Waals surface area contributed by atoms with Crippen LogP contribution in [-0.2, 0) is 20.1 Å². The molecule has 0 saturated carbocycles. The summed E-state index contributed by atoms with van der Waals surface area (Å²) in [7, 11) is 3.03. The third kappa shape index (κ3) is 4.51. The molecule has 1 aliphatic rings. The summed E-state index contributed by atoms with van der Waals surface area (Å²) in [5.41, 5.74) is 2.15. The molecule has 7 heteroatoms. The number of carbonyl (C=O) groups excluding carboxylic acids is 1. The van der Waals surface area contributed by atoms with Crippen molar-refractivity contribution in [2.45, 2.75) is 37.7 Å². The average Bonchev–Trinajstić information content (AvgIpc) is 2.83. The molecule has 1 aliphatic heterocycles. The van der Waals surface area contributed by atoms with Gasteiger partial charge in [-0.15, -0.1) is 11.8 Å². The minimum absolute atomic E-state index is 0.189. The Morgan fingerprint density at radius 1 is 1.13 bits per heavy atom. The summed E-state index contributed by atoms with van der Waals surface area (Å²) in [6.45, 7) is 6.64. The van der Waals surface area contributed by atoms with Gasteiger partial charge >= 0.3 is 5.97 Å². The molecule has 0 saturated heterocycles. The van der Waals surface area contributed by atoms with Crippen LogP contribution in [0.1, 0.15) is 38.3 Å². The Morgan fingerprint density at radius 2 is 1.84 bits per heavy atom. The van der Waals surface area contributed by atoms with Crippen LogP contribution >= 0.6 is 11.8 Å².